The van der Waals surface area contributed by atoms with E-state index < -0.39 is 144 Å². The Bertz CT molecular complexity index is 2070. The Kier molecular flexibility index (Phi) is 13.1. The average molecular weight is 876 g/mol. The minimum absolute atomic E-state index is 0.254. The van der Waals surface area contributed by atoms with Crippen molar-refractivity contribution in [3.05, 3.63) is 141 Å². The fourth-order valence-electron chi connectivity index (χ4n) is 6.01. The standard InChI is InChI=1S/C24BF20.C11H17OS/c26-5-1(6(27)14(35)21(42)13(5)34)25(2-7(28)15(36)22(43)16(37)8(2)29,3-9(30)17(38)23(44)18(39)10(3)31)4-11(32)19(40)24(45)20(41)12(4)33;1-9(2)12-10-7-5-6-8-11(10)13(3)4/h;5-9H,1-4H3/q-1;+1. The van der Waals surface area contributed by atoms with Crippen molar-refractivity contribution in [3.63, 3.8) is 0 Å². The second kappa shape index (κ2) is 16.6. The maximum Gasteiger partial charge on any atom is 0.200 e. The summed E-state index contributed by atoms with van der Waals surface area (Å²) >= 11 is 0. The Morgan fingerprint density at radius 1 is 0.362 bits per heavy atom. The van der Waals surface area contributed by atoms with E-state index in [1.807, 2.05) is 12.1 Å². The van der Waals surface area contributed by atoms with Crippen LogP contribution in [0.2, 0.25) is 0 Å². The van der Waals surface area contributed by atoms with Gasteiger partial charge in [-0.25, -0.2) is 87.8 Å². The summed E-state index contributed by atoms with van der Waals surface area (Å²) < 4.78 is 300. The lowest BCUT2D eigenvalue weighted by molar-refractivity contribution is 0.236. The van der Waals surface area contributed by atoms with Gasteiger partial charge in [-0.3, -0.25) is 0 Å². The molecule has 58 heavy (non-hydrogen) atoms. The number of halogens is 20. The molecule has 0 heterocycles. The summed E-state index contributed by atoms with van der Waals surface area (Å²) in [5, 5.41) is 0. The topological polar surface area (TPSA) is 9.23 Å². The molecule has 0 N–H and O–H groups in total. The first-order valence-electron chi connectivity index (χ1n) is 15.4. The predicted octanol–water partition coefficient (Wildman–Crippen LogP) is 8.56. The van der Waals surface area contributed by atoms with Gasteiger partial charge < -0.3 is 4.74 Å². The quantitative estimate of drug-likeness (QED) is 0.0524. The SMILES string of the molecule is CC(C)Oc1ccccc1[S+](C)C.Fc1c(F)c(F)c([B-](c2c(F)c(F)c(F)c(F)c2F)(c2c(F)c(F)c(F)c(F)c2F)c2c(F)c(F)c(F)c(F)c2F)c(F)c1F. The third-order valence-electron chi connectivity index (χ3n) is 8.36. The molecular formula is C35H17BF20OS. The van der Waals surface area contributed by atoms with Gasteiger partial charge in [-0.2, -0.15) is 0 Å². The van der Waals surface area contributed by atoms with Gasteiger partial charge in [0.2, 0.25) is 0 Å². The van der Waals surface area contributed by atoms with Crippen molar-refractivity contribution in [2.45, 2.75) is 24.8 Å². The minimum Gasteiger partial charge on any atom is -0.486 e. The third-order valence-corrected chi connectivity index (χ3v) is 9.58. The lowest BCUT2D eigenvalue weighted by Crippen LogP contribution is -2.81. The van der Waals surface area contributed by atoms with Crippen LogP contribution >= 0.6 is 0 Å². The first kappa shape index (κ1) is 45.6. The van der Waals surface area contributed by atoms with Crippen LogP contribution in [0.1, 0.15) is 13.8 Å². The van der Waals surface area contributed by atoms with E-state index in [0.29, 0.717) is 0 Å². The zero-order valence-electron chi connectivity index (χ0n) is 28.8. The second-order valence-electron chi connectivity index (χ2n) is 12.2. The van der Waals surface area contributed by atoms with Gasteiger partial charge in [0.25, 0.3) is 0 Å². The number of ether oxygens (including phenoxy) is 1. The van der Waals surface area contributed by atoms with E-state index in [-0.39, 0.29) is 17.0 Å². The highest BCUT2D eigenvalue weighted by Crippen LogP contribution is 2.31. The Hall–Kier alpha value is -5.09. The molecule has 0 saturated heterocycles. The fraction of sp³-hybridized carbons (Fsp3) is 0.143. The van der Waals surface area contributed by atoms with Crippen molar-refractivity contribution >= 4 is 38.9 Å². The van der Waals surface area contributed by atoms with Crippen LogP contribution in [0, 0.1) is 116 Å². The summed E-state index contributed by atoms with van der Waals surface area (Å²) in [5.41, 5.74) is -14.3. The predicted molar refractivity (Wildman–Crippen MR) is 169 cm³/mol. The average Bonchev–Trinajstić information content (AvgIpc) is 3.17. The smallest absolute Gasteiger partial charge is 0.200 e. The Labute approximate surface area is 315 Å². The molecule has 0 radical (unpaired) electrons. The summed E-state index contributed by atoms with van der Waals surface area (Å²) in [6, 6.07) is 8.27. The summed E-state index contributed by atoms with van der Waals surface area (Å²) in [5.74, 6) is -70.4. The third kappa shape index (κ3) is 7.07. The van der Waals surface area contributed by atoms with Crippen LogP contribution in [-0.4, -0.2) is 24.8 Å². The van der Waals surface area contributed by atoms with Gasteiger partial charge in [0, 0.05) is 10.9 Å². The van der Waals surface area contributed by atoms with Crippen LogP contribution in [0.3, 0.4) is 0 Å². The largest absolute Gasteiger partial charge is 0.486 e. The van der Waals surface area contributed by atoms with Crippen molar-refractivity contribution in [3.8, 4) is 5.75 Å². The van der Waals surface area contributed by atoms with Crippen molar-refractivity contribution < 1.29 is 92.5 Å². The summed E-state index contributed by atoms with van der Waals surface area (Å²) in [6.07, 6.45) is -2.54. The zero-order chi connectivity index (χ0) is 44.2. The molecule has 5 aromatic carbocycles. The van der Waals surface area contributed by atoms with Gasteiger partial charge in [0.15, 0.2) is 80.5 Å². The Morgan fingerprint density at radius 2 is 0.569 bits per heavy atom. The summed E-state index contributed by atoms with van der Waals surface area (Å²) in [4.78, 5) is 1.32. The second-order valence-corrected chi connectivity index (χ2v) is 14.3. The normalized spacial score (nSPS) is 11.8. The highest BCUT2D eigenvalue weighted by atomic mass is 32.2. The zero-order valence-corrected chi connectivity index (χ0v) is 29.7. The van der Waals surface area contributed by atoms with Crippen molar-refractivity contribution in [1.29, 1.82) is 0 Å². The van der Waals surface area contributed by atoms with Gasteiger partial charge in [-0.15, -0.1) is 21.9 Å². The number of para-hydroxylation sites is 1. The van der Waals surface area contributed by atoms with Crippen LogP contribution < -0.4 is 26.6 Å². The molecule has 0 aliphatic heterocycles. The summed E-state index contributed by atoms with van der Waals surface area (Å²) in [6.45, 7) is 4.11. The number of rotatable bonds is 7. The van der Waals surface area contributed by atoms with E-state index in [2.05, 4.69) is 38.5 Å². The molecule has 1 nitrogen and oxygen atoms in total. The van der Waals surface area contributed by atoms with E-state index in [9.17, 15) is 52.7 Å². The molecule has 0 spiro atoms. The van der Waals surface area contributed by atoms with Crippen molar-refractivity contribution in [2.75, 3.05) is 12.5 Å². The van der Waals surface area contributed by atoms with Crippen LogP contribution in [0.4, 0.5) is 87.8 Å². The van der Waals surface area contributed by atoms with Gasteiger partial charge >= 0.3 is 0 Å². The first-order valence-corrected chi connectivity index (χ1v) is 17.4. The maximum atomic E-state index is 15.4. The maximum absolute atomic E-state index is 15.4. The Morgan fingerprint density at radius 3 is 0.776 bits per heavy atom. The highest BCUT2D eigenvalue weighted by molar-refractivity contribution is 7.95. The molecule has 0 aliphatic carbocycles. The molecule has 0 aliphatic rings. The monoisotopic (exact) mass is 876 g/mol. The lowest BCUT2D eigenvalue weighted by atomic mass is 9.12. The van der Waals surface area contributed by atoms with Crippen LogP contribution in [0.5, 0.6) is 5.75 Å². The molecule has 0 saturated carbocycles. The molecule has 5 aromatic rings. The van der Waals surface area contributed by atoms with Gasteiger partial charge in [0.05, 0.1) is 6.10 Å². The Balaban J connectivity index is 0.000000486. The number of hydrogen-bond acceptors (Lipinski definition) is 1. The highest BCUT2D eigenvalue weighted by Gasteiger charge is 2.52. The van der Waals surface area contributed by atoms with Crippen molar-refractivity contribution in [2.24, 2.45) is 0 Å². The number of benzene rings is 5. The number of hydrogen-bond donors (Lipinski definition) is 0. The molecule has 5 rings (SSSR count). The molecular weight excluding hydrogens is 859 g/mol. The fourth-order valence-corrected chi connectivity index (χ4v) is 6.88. The van der Waals surface area contributed by atoms with Gasteiger partial charge in [0.1, 0.15) is 65.2 Å². The van der Waals surface area contributed by atoms with Crippen LogP contribution in [-0.2, 0) is 10.9 Å². The molecule has 0 aromatic heterocycles. The molecule has 0 amide bonds. The van der Waals surface area contributed by atoms with E-state index in [1.165, 1.54) is 4.90 Å². The molecule has 0 unspecified atom stereocenters. The van der Waals surface area contributed by atoms with Crippen molar-refractivity contribution in [1.82, 2.24) is 0 Å². The molecule has 0 fully saturated rings. The van der Waals surface area contributed by atoms with E-state index in [0.717, 1.165) is 5.75 Å². The molecule has 0 bridgehead atoms. The van der Waals surface area contributed by atoms with E-state index in [4.69, 9.17) is 4.74 Å². The van der Waals surface area contributed by atoms with Crippen LogP contribution in [0.25, 0.3) is 0 Å². The summed E-state index contributed by atoms with van der Waals surface area (Å²) in [7, 11) is 0.268. The molecule has 0 atom stereocenters. The molecule has 312 valence electrons. The van der Waals surface area contributed by atoms with Gasteiger partial charge in [-0.1, -0.05) is 12.1 Å². The molecule has 23 heteroatoms. The lowest BCUT2D eigenvalue weighted by Gasteiger charge is -2.44. The minimum atomic E-state index is -7.22. The first-order chi connectivity index (χ1) is 26.8. The van der Waals surface area contributed by atoms with Gasteiger partial charge in [-0.05, 0) is 26.0 Å². The van der Waals surface area contributed by atoms with E-state index >= 15 is 35.1 Å². The van der Waals surface area contributed by atoms with E-state index in [1.54, 1.807) is 0 Å². The van der Waals surface area contributed by atoms with Crippen LogP contribution in [0.15, 0.2) is 29.2 Å².